The summed E-state index contributed by atoms with van der Waals surface area (Å²) in [6.07, 6.45) is 0.892. The van der Waals surface area contributed by atoms with Crippen LogP contribution in [0.1, 0.15) is 40.7 Å². The van der Waals surface area contributed by atoms with Crippen LogP contribution in [0.2, 0.25) is 0 Å². The second kappa shape index (κ2) is 7.02. The molecule has 5 heteroatoms. The number of hydrogen-bond donors (Lipinski definition) is 2. The van der Waals surface area contributed by atoms with Gasteiger partial charge in [-0.1, -0.05) is 19.1 Å². The van der Waals surface area contributed by atoms with E-state index in [9.17, 15) is 4.79 Å². The first-order valence-corrected chi connectivity index (χ1v) is 7.48. The molecule has 0 bridgehead atoms. The van der Waals surface area contributed by atoms with Crippen LogP contribution in [0, 0.1) is 20.8 Å². The molecule has 0 atom stereocenters. The van der Waals surface area contributed by atoms with Gasteiger partial charge in [-0.15, -0.1) is 0 Å². The molecular formula is C17H22N4O. The predicted molar refractivity (Wildman–Crippen MR) is 88.6 cm³/mol. The molecule has 1 heterocycles. The zero-order valence-electron chi connectivity index (χ0n) is 13.5. The van der Waals surface area contributed by atoms with Gasteiger partial charge >= 0.3 is 0 Å². The van der Waals surface area contributed by atoms with E-state index in [1.165, 1.54) is 5.56 Å². The summed E-state index contributed by atoms with van der Waals surface area (Å²) >= 11 is 0. The number of hydrogen-bond acceptors (Lipinski definition) is 4. The van der Waals surface area contributed by atoms with Crippen molar-refractivity contribution < 1.29 is 4.79 Å². The summed E-state index contributed by atoms with van der Waals surface area (Å²) in [6, 6.07) is 7.71. The molecule has 116 valence electrons. The van der Waals surface area contributed by atoms with Gasteiger partial charge in [0.2, 0.25) is 5.95 Å². The third-order valence-corrected chi connectivity index (χ3v) is 3.47. The summed E-state index contributed by atoms with van der Waals surface area (Å²) in [6.45, 7) is 8.61. The second-order valence-corrected chi connectivity index (χ2v) is 5.35. The van der Waals surface area contributed by atoms with Crippen LogP contribution in [0.25, 0.3) is 0 Å². The Morgan fingerprint density at radius 1 is 1.18 bits per heavy atom. The fraction of sp³-hybridized carbons (Fsp3) is 0.353. The number of anilines is 2. The number of aryl methyl sites for hydroxylation is 2. The van der Waals surface area contributed by atoms with Gasteiger partial charge in [0.25, 0.3) is 5.91 Å². The Hall–Kier alpha value is -2.43. The highest BCUT2D eigenvalue weighted by molar-refractivity contribution is 5.92. The molecule has 1 amide bonds. The first-order valence-electron chi connectivity index (χ1n) is 7.48. The molecule has 0 saturated heterocycles. The van der Waals surface area contributed by atoms with E-state index in [2.05, 4.69) is 33.6 Å². The van der Waals surface area contributed by atoms with Gasteiger partial charge < -0.3 is 10.6 Å². The second-order valence-electron chi connectivity index (χ2n) is 5.35. The van der Waals surface area contributed by atoms with Crippen LogP contribution in [0.3, 0.4) is 0 Å². The molecule has 0 radical (unpaired) electrons. The maximum absolute atomic E-state index is 12.1. The van der Waals surface area contributed by atoms with Crippen molar-refractivity contribution in [3.05, 3.63) is 46.8 Å². The lowest BCUT2D eigenvalue weighted by molar-refractivity contribution is 0.0948. The molecule has 2 aromatic rings. The van der Waals surface area contributed by atoms with Crippen LogP contribution >= 0.6 is 0 Å². The highest BCUT2D eigenvalue weighted by Gasteiger charge is 2.11. The fourth-order valence-corrected chi connectivity index (χ4v) is 2.08. The van der Waals surface area contributed by atoms with Gasteiger partial charge in [0, 0.05) is 17.9 Å². The van der Waals surface area contributed by atoms with Crippen molar-refractivity contribution in [1.82, 2.24) is 15.3 Å². The summed E-state index contributed by atoms with van der Waals surface area (Å²) in [7, 11) is 0. The van der Waals surface area contributed by atoms with Crippen molar-refractivity contribution in [2.24, 2.45) is 0 Å². The molecule has 1 aromatic heterocycles. The first kappa shape index (κ1) is 15.9. The molecular weight excluding hydrogens is 276 g/mol. The van der Waals surface area contributed by atoms with Gasteiger partial charge in [-0.25, -0.2) is 9.97 Å². The van der Waals surface area contributed by atoms with E-state index < -0.39 is 0 Å². The average molecular weight is 298 g/mol. The molecule has 2 N–H and O–H groups in total. The molecule has 5 nitrogen and oxygen atoms in total. The van der Waals surface area contributed by atoms with Gasteiger partial charge in [-0.05, 0) is 50.5 Å². The maximum Gasteiger partial charge on any atom is 0.270 e. The number of carbonyl (C=O) groups excluding carboxylic acids is 1. The van der Waals surface area contributed by atoms with Crippen LogP contribution in [0.15, 0.2) is 24.3 Å². The molecule has 22 heavy (non-hydrogen) atoms. The van der Waals surface area contributed by atoms with Gasteiger partial charge in [0.05, 0.1) is 0 Å². The van der Waals surface area contributed by atoms with E-state index in [1.54, 1.807) is 6.07 Å². The SMILES string of the molecule is CCCNC(=O)c1cc(C)nc(Nc2cccc(C)c2C)n1. The van der Waals surface area contributed by atoms with Crippen LogP contribution in [-0.2, 0) is 0 Å². The highest BCUT2D eigenvalue weighted by Crippen LogP contribution is 2.21. The Bertz CT molecular complexity index is 682. The van der Waals surface area contributed by atoms with E-state index in [0.717, 1.165) is 23.4 Å². The van der Waals surface area contributed by atoms with E-state index in [-0.39, 0.29) is 5.91 Å². The minimum absolute atomic E-state index is 0.170. The maximum atomic E-state index is 12.1. The third-order valence-electron chi connectivity index (χ3n) is 3.47. The van der Waals surface area contributed by atoms with Crippen LogP contribution in [-0.4, -0.2) is 22.4 Å². The fourth-order valence-electron chi connectivity index (χ4n) is 2.08. The van der Waals surface area contributed by atoms with E-state index >= 15 is 0 Å². The zero-order valence-corrected chi connectivity index (χ0v) is 13.5. The summed E-state index contributed by atoms with van der Waals surface area (Å²) in [5.41, 5.74) is 4.42. The lowest BCUT2D eigenvalue weighted by atomic mass is 10.1. The van der Waals surface area contributed by atoms with Gasteiger partial charge in [0.1, 0.15) is 5.69 Å². The molecule has 0 unspecified atom stereocenters. The minimum atomic E-state index is -0.170. The average Bonchev–Trinajstić information content (AvgIpc) is 2.49. The number of nitrogens with zero attached hydrogens (tertiary/aromatic N) is 2. The molecule has 1 aromatic carbocycles. The van der Waals surface area contributed by atoms with E-state index in [1.807, 2.05) is 32.9 Å². The molecule has 0 fully saturated rings. The van der Waals surface area contributed by atoms with Crippen molar-refractivity contribution in [1.29, 1.82) is 0 Å². The van der Waals surface area contributed by atoms with Crippen molar-refractivity contribution >= 4 is 17.5 Å². The Morgan fingerprint density at radius 2 is 1.95 bits per heavy atom. The Kier molecular flexibility index (Phi) is 5.09. The molecule has 0 aliphatic rings. The van der Waals surface area contributed by atoms with Gasteiger partial charge in [0.15, 0.2) is 0 Å². The molecule has 0 aliphatic carbocycles. The number of aromatic nitrogens is 2. The van der Waals surface area contributed by atoms with Crippen molar-refractivity contribution in [2.75, 3.05) is 11.9 Å². The summed E-state index contributed by atoms with van der Waals surface area (Å²) in [5.74, 6) is 0.270. The number of benzene rings is 1. The minimum Gasteiger partial charge on any atom is -0.351 e. The highest BCUT2D eigenvalue weighted by atomic mass is 16.1. The zero-order chi connectivity index (χ0) is 16.1. The molecule has 2 rings (SSSR count). The lowest BCUT2D eigenvalue weighted by Crippen LogP contribution is -2.25. The quantitative estimate of drug-likeness (QED) is 0.889. The number of rotatable bonds is 5. The van der Waals surface area contributed by atoms with Gasteiger partial charge in [-0.2, -0.15) is 0 Å². The smallest absolute Gasteiger partial charge is 0.270 e. The van der Waals surface area contributed by atoms with Crippen molar-refractivity contribution in [3.63, 3.8) is 0 Å². The van der Waals surface area contributed by atoms with Crippen LogP contribution in [0.5, 0.6) is 0 Å². The first-order chi connectivity index (χ1) is 10.5. The van der Waals surface area contributed by atoms with Crippen molar-refractivity contribution in [2.45, 2.75) is 34.1 Å². The summed E-state index contributed by atoms with van der Waals surface area (Å²) in [4.78, 5) is 20.7. The summed E-state index contributed by atoms with van der Waals surface area (Å²) < 4.78 is 0. The predicted octanol–water partition coefficient (Wildman–Crippen LogP) is 3.29. The molecule has 0 saturated carbocycles. The number of carbonyl (C=O) groups is 1. The lowest BCUT2D eigenvalue weighted by Gasteiger charge is -2.11. The standard InChI is InChI=1S/C17H22N4O/c1-5-9-18-16(22)15-10-12(3)19-17(21-15)20-14-8-6-7-11(2)13(14)4/h6-8,10H,5,9H2,1-4H3,(H,18,22)(H,19,20,21). The largest absolute Gasteiger partial charge is 0.351 e. The molecule has 0 aliphatic heterocycles. The normalized spacial score (nSPS) is 10.4. The van der Waals surface area contributed by atoms with Gasteiger partial charge in [-0.3, -0.25) is 4.79 Å². The molecule has 0 spiro atoms. The Morgan fingerprint density at radius 3 is 2.68 bits per heavy atom. The van der Waals surface area contributed by atoms with Crippen LogP contribution in [0.4, 0.5) is 11.6 Å². The number of nitrogens with one attached hydrogen (secondary N) is 2. The topological polar surface area (TPSA) is 66.9 Å². The number of amides is 1. The van der Waals surface area contributed by atoms with Crippen molar-refractivity contribution in [3.8, 4) is 0 Å². The summed E-state index contributed by atoms with van der Waals surface area (Å²) in [5, 5.41) is 6.03. The monoisotopic (exact) mass is 298 g/mol. The third kappa shape index (κ3) is 3.81. The Balaban J connectivity index is 2.26. The van der Waals surface area contributed by atoms with E-state index in [0.29, 0.717) is 18.2 Å². The van der Waals surface area contributed by atoms with E-state index in [4.69, 9.17) is 0 Å². The van der Waals surface area contributed by atoms with Crippen LogP contribution < -0.4 is 10.6 Å². The Labute approximate surface area is 131 Å².